The van der Waals surface area contributed by atoms with Gasteiger partial charge in [0, 0.05) is 12.6 Å². The van der Waals surface area contributed by atoms with Crippen molar-refractivity contribution in [2.24, 2.45) is 22.7 Å². The van der Waals surface area contributed by atoms with Crippen molar-refractivity contribution in [2.75, 3.05) is 6.54 Å². The molecule has 2 bridgehead atoms. The maximum Gasteiger partial charge on any atom is 0.307 e. The van der Waals surface area contributed by atoms with Gasteiger partial charge in [0.15, 0.2) is 0 Å². The minimum atomic E-state index is -0.792. The zero-order valence-electron chi connectivity index (χ0n) is 13.4. The van der Waals surface area contributed by atoms with Gasteiger partial charge in [-0.25, -0.2) is 0 Å². The van der Waals surface area contributed by atoms with Gasteiger partial charge in [-0.1, -0.05) is 27.2 Å². The van der Waals surface area contributed by atoms with Crippen LogP contribution in [0.5, 0.6) is 0 Å². The summed E-state index contributed by atoms with van der Waals surface area (Å²) in [7, 11) is 0. The van der Waals surface area contributed by atoms with E-state index in [0.717, 1.165) is 38.6 Å². The van der Waals surface area contributed by atoms with Crippen LogP contribution < -0.4 is 0 Å². The molecule has 4 nitrogen and oxygen atoms in total. The van der Waals surface area contributed by atoms with Crippen molar-refractivity contribution < 1.29 is 14.7 Å². The maximum atomic E-state index is 12.9. The van der Waals surface area contributed by atoms with Crippen molar-refractivity contribution >= 4 is 11.9 Å². The Kier molecular flexibility index (Phi) is 3.34. The summed E-state index contributed by atoms with van der Waals surface area (Å²) in [4.78, 5) is 26.3. The van der Waals surface area contributed by atoms with Crippen LogP contribution in [0.1, 0.15) is 59.3 Å². The number of carboxylic acid groups (broad SMARTS) is 1. The van der Waals surface area contributed by atoms with E-state index < -0.39 is 11.9 Å². The Balaban J connectivity index is 1.79. The van der Waals surface area contributed by atoms with E-state index in [1.54, 1.807) is 0 Å². The Labute approximate surface area is 126 Å². The average molecular weight is 293 g/mol. The standard InChI is InChI=1S/C17H27NO3/c1-16(2)7-11-8-17(3,9-16)10-18(11)14(19)12-5-4-6-13(12)15(20)21/h11-13H,4-10H2,1-3H3,(H,20,21)/t11?,12-,13+,17?/m1/s1. The zero-order chi connectivity index (χ0) is 15.4. The molecular weight excluding hydrogens is 266 g/mol. The van der Waals surface area contributed by atoms with Gasteiger partial charge in [-0.05, 0) is 42.9 Å². The van der Waals surface area contributed by atoms with Crippen LogP contribution in [-0.2, 0) is 9.59 Å². The van der Waals surface area contributed by atoms with Crippen molar-refractivity contribution in [3.05, 3.63) is 0 Å². The van der Waals surface area contributed by atoms with Gasteiger partial charge in [0.05, 0.1) is 11.8 Å². The lowest BCUT2D eigenvalue weighted by molar-refractivity contribution is -0.149. The van der Waals surface area contributed by atoms with Crippen molar-refractivity contribution in [3.8, 4) is 0 Å². The van der Waals surface area contributed by atoms with Crippen LogP contribution in [0.4, 0.5) is 0 Å². The molecule has 2 aliphatic carbocycles. The number of aliphatic carboxylic acids is 1. The summed E-state index contributed by atoms with van der Waals surface area (Å²) in [5.74, 6) is -1.42. The molecular formula is C17H27NO3. The monoisotopic (exact) mass is 293 g/mol. The predicted octanol–water partition coefficient (Wildman–Crippen LogP) is 2.91. The molecule has 0 aromatic carbocycles. The first-order valence-corrected chi connectivity index (χ1v) is 8.24. The smallest absolute Gasteiger partial charge is 0.307 e. The van der Waals surface area contributed by atoms with Crippen molar-refractivity contribution in [1.82, 2.24) is 4.90 Å². The predicted molar refractivity (Wildman–Crippen MR) is 79.7 cm³/mol. The van der Waals surface area contributed by atoms with E-state index in [4.69, 9.17) is 0 Å². The highest BCUT2D eigenvalue weighted by atomic mass is 16.4. The summed E-state index contributed by atoms with van der Waals surface area (Å²) in [5.41, 5.74) is 0.508. The molecule has 0 aromatic heterocycles. The molecule has 0 aromatic rings. The molecule has 4 atom stereocenters. The molecule has 2 unspecified atom stereocenters. The minimum absolute atomic E-state index is 0.117. The van der Waals surface area contributed by atoms with Crippen molar-refractivity contribution in [3.63, 3.8) is 0 Å². The van der Waals surface area contributed by atoms with Crippen LogP contribution >= 0.6 is 0 Å². The van der Waals surface area contributed by atoms with Gasteiger partial charge in [0.1, 0.15) is 0 Å². The second-order valence-corrected chi connectivity index (χ2v) is 8.66. The number of amides is 1. The molecule has 0 radical (unpaired) electrons. The van der Waals surface area contributed by atoms with Crippen LogP contribution in [0.15, 0.2) is 0 Å². The van der Waals surface area contributed by atoms with Gasteiger partial charge in [-0.2, -0.15) is 0 Å². The number of carboxylic acids is 1. The number of hydrogen-bond donors (Lipinski definition) is 1. The Morgan fingerprint density at radius 3 is 2.43 bits per heavy atom. The van der Waals surface area contributed by atoms with Gasteiger partial charge < -0.3 is 10.0 Å². The van der Waals surface area contributed by atoms with Crippen LogP contribution in [0.25, 0.3) is 0 Å². The third-order valence-corrected chi connectivity index (χ3v) is 5.85. The van der Waals surface area contributed by atoms with E-state index in [9.17, 15) is 14.7 Å². The van der Waals surface area contributed by atoms with Crippen molar-refractivity contribution in [1.29, 1.82) is 0 Å². The lowest BCUT2D eigenvalue weighted by atomic mass is 9.65. The first-order chi connectivity index (χ1) is 9.71. The fourth-order valence-corrected chi connectivity index (χ4v) is 5.48. The summed E-state index contributed by atoms with van der Waals surface area (Å²) in [6.07, 6.45) is 5.58. The summed E-state index contributed by atoms with van der Waals surface area (Å²) in [6, 6.07) is 0.321. The third kappa shape index (κ3) is 2.58. The molecule has 1 heterocycles. The van der Waals surface area contributed by atoms with Crippen molar-refractivity contribution in [2.45, 2.75) is 65.3 Å². The molecule has 21 heavy (non-hydrogen) atoms. The quantitative estimate of drug-likeness (QED) is 0.851. The normalized spacial score (nSPS) is 41.3. The summed E-state index contributed by atoms with van der Waals surface area (Å²) in [5, 5.41) is 9.33. The number of carbonyl (C=O) groups excluding carboxylic acids is 1. The Bertz CT molecular complexity index is 473. The van der Waals surface area contributed by atoms with E-state index in [1.165, 1.54) is 0 Å². The summed E-state index contributed by atoms with van der Waals surface area (Å²) >= 11 is 0. The topological polar surface area (TPSA) is 57.6 Å². The molecule has 3 aliphatic rings. The first kappa shape index (κ1) is 14.9. The second-order valence-electron chi connectivity index (χ2n) is 8.66. The first-order valence-electron chi connectivity index (χ1n) is 8.24. The number of rotatable bonds is 2. The molecule has 4 heteroatoms. The molecule has 2 saturated carbocycles. The highest BCUT2D eigenvalue weighted by Gasteiger charge is 2.53. The molecule has 1 aliphatic heterocycles. The molecule has 1 saturated heterocycles. The summed E-state index contributed by atoms with van der Waals surface area (Å²) < 4.78 is 0. The van der Waals surface area contributed by atoms with Gasteiger partial charge in [0.2, 0.25) is 5.91 Å². The van der Waals surface area contributed by atoms with E-state index in [1.807, 2.05) is 4.90 Å². The van der Waals surface area contributed by atoms with E-state index in [2.05, 4.69) is 20.8 Å². The number of likely N-dealkylation sites (tertiary alicyclic amines) is 1. The highest BCUT2D eigenvalue weighted by Crippen LogP contribution is 2.53. The Hall–Kier alpha value is -1.06. The number of hydrogen-bond acceptors (Lipinski definition) is 2. The number of nitrogens with zero attached hydrogens (tertiary/aromatic N) is 1. The molecule has 1 amide bonds. The second kappa shape index (κ2) is 4.72. The fraction of sp³-hybridized carbons (Fsp3) is 0.882. The van der Waals surface area contributed by atoms with Gasteiger partial charge in [-0.15, -0.1) is 0 Å². The fourth-order valence-electron chi connectivity index (χ4n) is 5.48. The molecule has 118 valence electrons. The van der Waals surface area contributed by atoms with E-state index >= 15 is 0 Å². The SMILES string of the molecule is CC1(C)CC2CC(C)(CN2C(=O)[C@@H]2CCC[C@@H]2C(=O)O)C1. The average Bonchev–Trinajstić information content (AvgIpc) is 2.89. The maximum absolute atomic E-state index is 12.9. The minimum Gasteiger partial charge on any atom is -0.481 e. The van der Waals surface area contributed by atoms with Crippen LogP contribution in [-0.4, -0.2) is 34.5 Å². The van der Waals surface area contributed by atoms with Crippen LogP contribution in [0.3, 0.4) is 0 Å². The van der Waals surface area contributed by atoms with Gasteiger partial charge >= 0.3 is 5.97 Å². The third-order valence-electron chi connectivity index (χ3n) is 5.85. The number of fused-ring (bicyclic) bond motifs is 2. The van der Waals surface area contributed by atoms with Crippen LogP contribution in [0, 0.1) is 22.7 Å². The van der Waals surface area contributed by atoms with E-state index in [-0.39, 0.29) is 22.7 Å². The summed E-state index contributed by atoms with van der Waals surface area (Å²) in [6.45, 7) is 7.70. The number of carbonyl (C=O) groups is 2. The molecule has 0 spiro atoms. The molecule has 3 fully saturated rings. The zero-order valence-corrected chi connectivity index (χ0v) is 13.4. The Morgan fingerprint density at radius 1 is 1.10 bits per heavy atom. The molecule has 1 N–H and O–H groups in total. The van der Waals surface area contributed by atoms with Gasteiger partial charge in [-0.3, -0.25) is 9.59 Å². The molecule has 3 rings (SSSR count). The van der Waals surface area contributed by atoms with Crippen LogP contribution in [0.2, 0.25) is 0 Å². The lowest BCUT2D eigenvalue weighted by Gasteiger charge is -2.39. The Morgan fingerprint density at radius 2 is 1.76 bits per heavy atom. The highest BCUT2D eigenvalue weighted by molar-refractivity contribution is 5.85. The van der Waals surface area contributed by atoms with Gasteiger partial charge in [0.25, 0.3) is 0 Å². The van der Waals surface area contributed by atoms with E-state index in [0.29, 0.717) is 12.5 Å². The lowest BCUT2D eigenvalue weighted by Crippen LogP contribution is -2.42. The largest absolute Gasteiger partial charge is 0.481 e.